The predicted octanol–water partition coefficient (Wildman–Crippen LogP) is 4.84. The molecule has 0 saturated carbocycles. The molecule has 3 aromatic carbocycles. The number of carbonyl (C=O) groups excluding carboxylic acids is 1. The molecule has 176 valence electrons. The number of benzene rings is 3. The van der Waals surface area contributed by atoms with Crippen LogP contribution in [0.15, 0.2) is 71.6 Å². The van der Waals surface area contributed by atoms with Crippen LogP contribution in [0.1, 0.15) is 51.9 Å². The average Bonchev–Trinajstić information content (AvgIpc) is 2.87. The second-order valence-electron chi connectivity index (χ2n) is 8.86. The van der Waals surface area contributed by atoms with Crippen LogP contribution in [0.2, 0.25) is 0 Å². The number of rotatable bonds is 8. The van der Waals surface area contributed by atoms with E-state index in [1.165, 1.54) is 0 Å². The summed E-state index contributed by atoms with van der Waals surface area (Å²) in [6.45, 7) is 3.13. The molecule has 6 nitrogen and oxygen atoms in total. The molecule has 34 heavy (non-hydrogen) atoms. The van der Waals surface area contributed by atoms with Crippen LogP contribution in [0, 0.1) is 6.92 Å². The Balaban J connectivity index is 1.19. The molecule has 6 rings (SSSR count). The maximum Gasteiger partial charge on any atom is 0.196 e. The lowest BCUT2D eigenvalue weighted by Crippen LogP contribution is -2.44. The third-order valence-electron chi connectivity index (χ3n) is 6.44. The van der Waals surface area contributed by atoms with Gasteiger partial charge in [0, 0.05) is 23.2 Å². The van der Waals surface area contributed by atoms with Crippen LogP contribution in [0.3, 0.4) is 0 Å². The van der Waals surface area contributed by atoms with Gasteiger partial charge in [0.2, 0.25) is 0 Å². The largest absolute Gasteiger partial charge is 0.489 e. The zero-order chi connectivity index (χ0) is 23.7. The second-order valence-corrected chi connectivity index (χ2v) is 11.0. The lowest BCUT2D eigenvalue weighted by Gasteiger charge is -2.34. The van der Waals surface area contributed by atoms with E-state index in [-0.39, 0.29) is 12.4 Å². The van der Waals surface area contributed by atoms with Crippen molar-refractivity contribution in [1.29, 1.82) is 0 Å². The number of sulfone groups is 1. The molecule has 1 heterocycles. The van der Waals surface area contributed by atoms with Gasteiger partial charge in [-0.15, -0.1) is 0 Å². The molecular formula is C27H27NO5S. The Labute approximate surface area is 200 Å². The summed E-state index contributed by atoms with van der Waals surface area (Å²) in [6.07, 6.45) is 2.31. The minimum atomic E-state index is -3.52. The van der Waals surface area contributed by atoms with E-state index >= 15 is 0 Å². The molecule has 0 N–H and O–H groups in total. The van der Waals surface area contributed by atoms with Crippen molar-refractivity contribution in [2.75, 3.05) is 6.54 Å². The van der Waals surface area contributed by atoms with Crippen molar-refractivity contribution in [2.24, 2.45) is 0 Å². The summed E-state index contributed by atoms with van der Waals surface area (Å²) in [6, 6.07) is 20.2. The van der Waals surface area contributed by atoms with Crippen LogP contribution in [-0.2, 0) is 27.9 Å². The topological polar surface area (TPSA) is 72.9 Å². The normalized spacial score (nSPS) is 17.9. The number of nitrogens with zero attached hydrogens (tertiary/aromatic N) is 1. The Morgan fingerprint density at radius 1 is 0.941 bits per heavy atom. The van der Waals surface area contributed by atoms with E-state index in [1.807, 2.05) is 61.5 Å². The first-order chi connectivity index (χ1) is 16.4. The molecule has 1 aliphatic heterocycles. The van der Waals surface area contributed by atoms with Gasteiger partial charge in [0.25, 0.3) is 0 Å². The van der Waals surface area contributed by atoms with Gasteiger partial charge >= 0.3 is 0 Å². The van der Waals surface area contributed by atoms with Gasteiger partial charge in [-0.1, -0.05) is 42.0 Å². The Morgan fingerprint density at radius 2 is 1.71 bits per heavy atom. The van der Waals surface area contributed by atoms with E-state index in [4.69, 9.17) is 9.57 Å². The number of hydrogen-bond donors (Lipinski definition) is 0. The predicted molar refractivity (Wildman–Crippen MR) is 128 cm³/mol. The Hall–Kier alpha value is -3.00. The maximum absolute atomic E-state index is 13.2. The number of ketones is 1. The number of piperidine rings is 1. The highest BCUT2D eigenvalue weighted by atomic mass is 32.2. The van der Waals surface area contributed by atoms with Gasteiger partial charge < -0.3 is 4.74 Å². The molecule has 1 saturated heterocycles. The molecule has 7 heteroatoms. The van der Waals surface area contributed by atoms with Crippen LogP contribution in [0.5, 0.6) is 5.75 Å². The third-order valence-corrected chi connectivity index (χ3v) is 8.56. The summed E-state index contributed by atoms with van der Waals surface area (Å²) in [4.78, 5) is 18.1. The Kier molecular flexibility index (Phi) is 6.25. The van der Waals surface area contributed by atoms with Gasteiger partial charge in [-0.25, -0.2) is 8.42 Å². The first-order valence-corrected chi connectivity index (χ1v) is 13.1. The summed E-state index contributed by atoms with van der Waals surface area (Å²) >= 11 is 0. The molecule has 1 atom stereocenters. The number of ether oxygens (including phenoxy) is 1. The molecule has 3 aromatic rings. The fourth-order valence-corrected chi connectivity index (χ4v) is 6.13. The van der Waals surface area contributed by atoms with E-state index in [0.29, 0.717) is 30.2 Å². The summed E-state index contributed by atoms with van der Waals surface area (Å²) in [5.74, 6) is 0.790. The third kappa shape index (κ3) is 4.51. The molecular weight excluding hydrogens is 450 g/mol. The van der Waals surface area contributed by atoms with Crippen molar-refractivity contribution >= 4 is 15.6 Å². The maximum atomic E-state index is 13.2. The molecule has 0 aromatic heterocycles. The van der Waals surface area contributed by atoms with Crippen LogP contribution < -0.4 is 4.74 Å². The fraction of sp³-hybridized carbons (Fsp3) is 0.296. The monoisotopic (exact) mass is 477 g/mol. The second kappa shape index (κ2) is 9.33. The minimum Gasteiger partial charge on any atom is -0.489 e. The van der Waals surface area contributed by atoms with Crippen LogP contribution in [-0.4, -0.2) is 31.2 Å². The lowest BCUT2D eigenvalue weighted by atomic mass is 9.87. The SMILES string of the molecule is Cc1ccc(S(=O)(=O)C2CCCCN2OCc2ccc(OCc3ccc4cc3C4=O)cc2)cc1. The van der Waals surface area contributed by atoms with Crippen LogP contribution in [0.4, 0.5) is 0 Å². The van der Waals surface area contributed by atoms with E-state index in [2.05, 4.69) is 0 Å². The summed E-state index contributed by atoms with van der Waals surface area (Å²) in [5.41, 5.74) is 4.33. The van der Waals surface area contributed by atoms with Crippen molar-refractivity contribution in [3.8, 4) is 5.75 Å². The molecule has 3 aliphatic rings. The van der Waals surface area contributed by atoms with E-state index < -0.39 is 15.2 Å². The van der Waals surface area contributed by atoms with Gasteiger partial charge in [0.05, 0.1) is 11.5 Å². The minimum absolute atomic E-state index is 0.0917. The smallest absolute Gasteiger partial charge is 0.196 e. The number of fused-ring (bicyclic) bond motifs is 2. The van der Waals surface area contributed by atoms with Crippen LogP contribution in [0.25, 0.3) is 0 Å². The van der Waals surface area contributed by atoms with Crippen molar-refractivity contribution in [1.82, 2.24) is 5.06 Å². The zero-order valence-electron chi connectivity index (χ0n) is 19.1. The molecule has 2 aliphatic carbocycles. The van der Waals surface area contributed by atoms with Crippen LogP contribution >= 0.6 is 0 Å². The first-order valence-electron chi connectivity index (χ1n) is 11.5. The molecule has 0 radical (unpaired) electrons. The molecule has 1 unspecified atom stereocenters. The van der Waals surface area contributed by atoms with Crippen molar-refractivity contribution < 1.29 is 22.8 Å². The average molecular weight is 478 g/mol. The quantitative estimate of drug-likeness (QED) is 0.362. The Bertz CT molecular complexity index is 1300. The highest BCUT2D eigenvalue weighted by Gasteiger charge is 2.35. The molecule has 0 spiro atoms. The van der Waals surface area contributed by atoms with E-state index in [1.54, 1.807) is 17.2 Å². The molecule has 0 amide bonds. The summed E-state index contributed by atoms with van der Waals surface area (Å²) in [7, 11) is -3.52. The van der Waals surface area contributed by atoms with Gasteiger partial charge in [-0.05, 0) is 62.1 Å². The van der Waals surface area contributed by atoms with Gasteiger partial charge in [-0.2, -0.15) is 5.06 Å². The van der Waals surface area contributed by atoms with Gasteiger partial charge in [0.1, 0.15) is 17.7 Å². The number of hydroxylamine groups is 2. The number of carbonyl (C=O) groups is 1. The van der Waals surface area contributed by atoms with Crippen molar-refractivity contribution in [2.45, 2.75) is 49.7 Å². The fourth-order valence-electron chi connectivity index (χ4n) is 4.35. The highest BCUT2D eigenvalue weighted by Crippen LogP contribution is 2.29. The zero-order valence-corrected chi connectivity index (χ0v) is 19.9. The van der Waals surface area contributed by atoms with Crippen molar-refractivity contribution in [3.63, 3.8) is 0 Å². The van der Waals surface area contributed by atoms with Gasteiger partial charge in [0.15, 0.2) is 15.6 Å². The number of aryl methyl sites for hydroxylation is 1. The van der Waals surface area contributed by atoms with Crippen molar-refractivity contribution in [3.05, 3.63) is 94.5 Å². The van der Waals surface area contributed by atoms with Gasteiger partial charge in [-0.3, -0.25) is 9.63 Å². The summed E-state index contributed by atoms with van der Waals surface area (Å²) < 4.78 is 32.3. The Morgan fingerprint density at radius 3 is 2.41 bits per heavy atom. The first kappa shape index (κ1) is 22.8. The van der Waals surface area contributed by atoms with E-state index in [9.17, 15) is 13.2 Å². The summed E-state index contributed by atoms with van der Waals surface area (Å²) in [5, 5.41) is 0.942. The molecule has 1 fully saturated rings. The standard InChI is InChI=1S/C27H27NO5S/c1-19-5-13-24(14-6-19)34(30,31)26-4-2-3-15-28(26)33-17-20-7-11-23(12-8-20)32-18-22-10-9-21-16-25(22)27(21)29/h5-14,16,26H,2-4,15,17-18H2,1H3. The lowest BCUT2D eigenvalue weighted by molar-refractivity contribution is -0.189. The molecule has 2 bridgehead atoms. The highest BCUT2D eigenvalue weighted by molar-refractivity contribution is 7.92. The number of hydrogen-bond acceptors (Lipinski definition) is 6. The van der Waals surface area contributed by atoms with E-state index in [0.717, 1.165) is 40.7 Å².